The van der Waals surface area contributed by atoms with Gasteiger partial charge in [0.15, 0.2) is 0 Å². The highest BCUT2D eigenvalue weighted by atomic mass is 16.5. The van der Waals surface area contributed by atoms with Gasteiger partial charge in [-0.1, -0.05) is 54.2 Å². The second kappa shape index (κ2) is 6.98. The maximum atomic E-state index is 5.36. The van der Waals surface area contributed by atoms with E-state index in [0.717, 1.165) is 12.2 Å². The zero-order chi connectivity index (χ0) is 15.3. The van der Waals surface area contributed by atoms with E-state index in [-0.39, 0.29) is 5.41 Å². The second-order valence-corrected chi connectivity index (χ2v) is 7.43. The number of rotatable bonds is 5. The smallest absolute Gasteiger partial charge is 0.114 e. The molecule has 0 aliphatic heterocycles. The molecule has 0 fully saturated rings. The Kier molecular flexibility index (Phi) is 6.62. The molecule has 0 aromatic carbocycles. The van der Waals surface area contributed by atoms with Crippen LogP contribution in [-0.4, -0.2) is 7.11 Å². The average Bonchev–Trinajstić information content (AvgIpc) is 2.26. The molecule has 0 rings (SSSR count). The van der Waals surface area contributed by atoms with Crippen LogP contribution < -0.4 is 0 Å². The van der Waals surface area contributed by atoms with Crippen molar-refractivity contribution in [3.8, 4) is 0 Å². The third kappa shape index (κ3) is 6.66. The Morgan fingerprint density at radius 1 is 1.16 bits per heavy atom. The van der Waals surface area contributed by atoms with Gasteiger partial charge in [0.1, 0.15) is 5.76 Å². The molecule has 0 heterocycles. The van der Waals surface area contributed by atoms with Crippen molar-refractivity contribution in [2.45, 2.75) is 54.9 Å². The zero-order valence-corrected chi connectivity index (χ0v) is 14.1. The number of methoxy groups -OCH3 is 1. The van der Waals surface area contributed by atoms with Crippen molar-refractivity contribution >= 4 is 0 Å². The summed E-state index contributed by atoms with van der Waals surface area (Å²) < 4.78 is 5.36. The molecule has 0 spiro atoms. The van der Waals surface area contributed by atoms with Crippen LogP contribution in [0, 0.1) is 16.7 Å². The van der Waals surface area contributed by atoms with E-state index in [2.05, 4.69) is 54.2 Å². The Labute approximate surface area is 120 Å². The van der Waals surface area contributed by atoms with Crippen molar-refractivity contribution in [2.24, 2.45) is 16.7 Å². The Morgan fingerprint density at radius 3 is 1.95 bits per heavy atom. The fourth-order valence-electron chi connectivity index (χ4n) is 2.26. The molecule has 0 saturated carbocycles. The molecule has 1 unspecified atom stereocenters. The summed E-state index contributed by atoms with van der Waals surface area (Å²) in [6.45, 7) is 19.7. The highest BCUT2D eigenvalue weighted by Crippen LogP contribution is 2.41. The molecule has 1 heteroatoms. The van der Waals surface area contributed by atoms with Crippen molar-refractivity contribution in [2.75, 3.05) is 7.11 Å². The third-order valence-electron chi connectivity index (χ3n) is 3.33. The van der Waals surface area contributed by atoms with E-state index in [1.54, 1.807) is 7.11 Å². The molecule has 0 N–H and O–H groups in total. The number of allylic oxidation sites excluding steroid dienone is 4. The fourth-order valence-corrected chi connectivity index (χ4v) is 2.26. The SMILES string of the molecule is C=C/C(=C\C(=C/C)OC)C(CC(C)(C)C)C(C)(C)C. The normalized spacial score (nSPS) is 16.2. The van der Waals surface area contributed by atoms with Crippen LogP contribution >= 0.6 is 0 Å². The van der Waals surface area contributed by atoms with Crippen molar-refractivity contribution in [3.63, 3.8) is 0 Å². The summed E-state index contributed by atoms with van der Waals surface area (Å²) in [4.78, 5) is 0. The van der Waals surface area contributed by atoms with Crippen LogP contribution in [-0.2, 0) is 4.74 Å². The molecule has 110 valence electrons. The minimum absolute atomic E-state index is 0.208. The molecular formula is C18H32O. The first-order valence-corrected chi connectivity index (χ1v) is 7.09. The van der Waals surface area contributed by atoms with Gasteiger partial charge in [-0.2, -0.15) is 0 Å². The second-order valence-electron chi connectivity index (χ2n) is 7.43. The largest absolute Gasteiger partial charge is 0.497 e. The lowest BCUT2D eigenvalue weighted by Gasteiger charge is -2.36. The van der Waals surface area contributed by atoms with Crippen LogP contribution in [0.4, 0.5) is 0 Å². The van der Waals surface area contributed by atoms with Gasteiger partial charge in [-0.3, -0.25) is 0 Å². The van der Waals surface area contributed by atoms with E-state index in [9.17, 15) is 0 Å². The van der Waals surface area contributed by atoms with Gasteiger partial charge in [0.2, 0.25) is 0 Å². The molecule has 0 aromatic heterocycles. The van der Waals surface area contributed by atoms with Crippen molar-refractivity contribution in [1.29, 1.82) is 0 Å². The Hall–Kier alpha value is -0.980. The summed E-state index contributed by atoms with van der Waals surface area (Å²) in [5.74, 6) is 1.37. The average molecular weight is 264 g/mol. The Morgan fingerprint density at radius 2 is 1.68 bits per heavy atom. The summed E-state index contributed by atoms with van der Waals surface area (Å²) in [5, 5.41) is 0. The van der Waals surface area contributed by atoms with Crippen LogP contribution in [0.3, 0.4) is 0 Å². The molecule has 0 saturated heterocycles. The van der Waals surface area contributed by atoms with Crippen molar-refractivity contribution < 1.29 is 4.74 Å². The van der Waals surface area contributed by atoms with Crippen molar-refractivity contribution in [1.82, 2.24) is 0 Å². The van der Waals surface area contributed by atoms with Gasteiger partial charge in [0.25, 0.3) is 0 Å². The molecule has 1 atom stereocenters. The van der Waals surface area contributed by atoms with Gasteiger partial charge in [-0.05, 0) is 47.8 Å². The quantitative estimate of drug-likeness (QED) is 0.454. The molecule has 0 aromatic rings. The summed E-state index contributed by atoms with van der Waals surface area (Å²) >= 11 is 0. The van der Waals surface area contributed by atoms with Gasteiger partial charge in [0, 0.05) is 0 Å². The third-order valence-corrected chi connectivity index (χ3v) is 3.33. The summed E-state index contributed by atoms with van der Waals surface area (Å²) in [6, 6.07) is 0. The topological polar surface area (TPSA) is 9.23 Å². The van der Waals surface area contributed by atoms with E-state index in [1.165, 1.54) is 5.57 Å². The molecule has 0 aliphatic carbocycles. The highest BCUT2D eigenvalue weighted by Gasteiger charge is 2.30. The monoisotopic (exact) mass is 264 g/mol. The molecular weight excluding hydrogens is 232 g/mol. The summed E-state index contributed by atoms with van der Waals surface area (Å²) in [7, 11) is 1.71. The Bertz CT molecular complexity index is 345. The lowest BCUT2D eigenvalue weighted by molar-refractivity contribution is 0.198. The van der Waals surface area contributed by atoms with E-state index in [4.69, 9.17) is 4.74 Å². The number of hydrogen-bond acceptors (Lipinski definition) is 1. The van der Waals surface area contributed by atoms with Gasteiger partial charge in [-0.15, -0.1) is 0 Å². The molecule has 0 amide bonds. The molecule has 0 radical (unpaired) electrons. The number of hydrogen-bond donors (Lipinski definition) is 0. The molecule has 0 aliphatic rings. The Balaban J connectivity index is 5.50. The van der Waals surface area contributed by atoms with Crippen LogP contribution in [0.25, 0.3) is 0 Å². The fraction of sp³-hybridized carbons (Fsp3) is 0.667. The van der Waals surface area contributed by atoms with Gasteiger partial charge in [-0.25, -0.2) is 0 Å². The summed E-state index contributed by atoms with van der Waals surface area (Å²) in [5.41, 5.74) is 1.76. The standard InChI is InChI=1S/C18H32O/c1-10-14(12-15(11-2)19-9)16(18(6,7)8)13-17(3,4)5/h10-12,16H,1,13H2,2-9H3/b14-12+,15-11+. The number of ether oxygens (including phenoxy) is 1. The maximum Gasteiger partial charge on any atom is 0.114 e. The van der Waals surface area contributed by atoms with Crippen LogP contribution in [0.1, 0.15) is 54.9 Å². The lowest BCUT2D eigenvalue weighted by Crippen LogP contribution is -2.27. The lowest BCUT2D eigenvalue weighted by atomic mass is 9.68. The maximum absolute atomic E-state index is 5.36. The van der Waals surface area contributed by atoms with E-state index >= 15 is 0 Å². The predicted molar refractivity (Wildman–Crippen MR) is 86.1 cm³/mol. The van der Waals surface area contributed by atoms with Crippen molar-refractivity contribution in [3.05, 3.63) is 36.1 Å². The molecule has 1 nitrogen and oxygen atoms in total. The van der Waals surface area contributed by atoms with Crippen LogP contribution in [0.5, 0.6) is 0 Å². The van der Waals surface area contributed by atoms with Gasteiger partial charge < -0.3 is 4.74 Å². The minimum Gasteiger partial charge on any atom is -0.497 e. The summed E-state index contributed by atoms with van der Waals surface area (Å²) in [6.07, 6.45) is 7.22. The minimum atomic E-state index is 0.208. The molecule has 19 heavy (non-hydrogen) atoms. The highest BCUT2D eigenvalue weighted by molar-refractivity contribution is 5.29. The van der Waals surface area contributed by atoms with Gasteiger partial charge >= 0.3 is 0 Å². The first-order chi connectivity index (χ1) is 8.55. The van der Waals surface area contributed by atoms with Gasteiger partial charge in [0.05, 0.1) is 7.11 Å². The van der Waals surface area contributed by atoms with E-state index in [0.29, 0.717) is 11.3 Å². The van der Waals surface area contributed by atoms with E-state index < -0.39 is 0 Å². The van der Waals surface area contributed by atoms with E-state index in [1.807, 2.05) is 19.1 Å². The molecule has 0 bridgehead atoms. The first kappa shape index (κ1) is 18.0. The zero-order valence-electron chi connectivity index (χ0n) is 14.1. The predicted octanol–water partition coefficient (Wildman–Crippen LogP) is 5.75. The first-order valence-electron chi connectivity index (χ1n) is 7.09. The van der Waals surface area contributed by atoms with Crippen LogP contribution in [0.15, 0.2) is 36.1 Å². The van der Waals surface area contributed by atoms with Crippen LogP contribution in [0.2, 0.25) is 0 Å².